The quantitative estimate of drug-likeness (QED) is 0.245. The Morgan fingerprint density at radius 2 is 2.12 bits per heavy atom. The van der Waals surface area contributed by atoms with Gasteiger partial charge in [-0.25, -0.2) is 4.79 Å². The summed E-state index contributed by atoms with van der Waals surface area (Å²) in [5, 5.41) is 11.3. The fourth-order valence-electron chi connectivity index (χ4n) is 1.64. The first-order valence-electron chi connectivity index (χ1n) is 5.61. The molecule has 0 spiro atoms. The number of nitrogens with zero attached hydrogens (tertiary/aromatic N) is 1. The van der Waals surface area contributed by atoms with E-state index < -0.39 is 17.5 Å². The number of ketones is 1. The zero-order valence-corrected chi connectivity index (χ0v) is 9.44. The molecule has 0 heterocycles. The predicted molar refractivity (Wildman–Crippen MR) is 57.4 cm³/mol. The van der Waals surface area contributed by atoms with E-state index >= 15 is 0 Å². The molecule has 16 heavy (non-hydrogen) atoms. The van der Waals surface area contributed by atoms with Crippen LogP contribution in [0.5, 0.6) is 0 Å². The summed E-state index contributed by atoms with van der Waals surface area (Å²) in [4.78, 5) is 22.8. The van der Waals surface area contributed by atoms with Gasteiger partial charge in [0.2, 0.25) is 5.71 Å². The second-order valence-electron chi connectivity index (χ2n) is 3.93. The van der Waals surface area contributed by atoms with Gasteiger partial charge in [-0.1, -0.05) is 24.4 Å². The fourth-order valence-corrected chi connectivity index (χ4v) is 1.64. The molecule has 0 atom stereocenters. The summed E-state index contributed by atoms with van der Waals surface area (Å²) in [6.45, 7) is 1.79. The lowest BCUT2D eigenvalue weighted by Crippen LogP contribution is -2.27. The molecule has 0 bridgehead atoms. The van der Waals surface area contributed by atoms with Gasteiger partial charge in [0.1, 0.15) is 0 Å². The van der Waals surface area contributed by atoms with Crippen molar-refractivity contribution in [2.24, 2.45) is 11.1 Å². The maximum Gasteiger partial charge on any atom is 0.364 e. The van der Waals surface area contributed by atoms with Gasteiger partial charge in [-0.3, -0.25) is 4.79 Å². The maximum atomic E-state index is 11.5. The molecule has 0 saturated heterocycles. The molecule has 0 unspecified atom stereocenters. The number of oxime groups is 1. The van der Waals surface area contributed by atoms with Crippen molar-refractivity contribution in [3.63, 3.8) is 0 Å². The van der Waals surface area contributed by atoms with Crippen molar-refractivity contribution in [2.75, 3.05) is 6.61 Å². The lowest BCUT2D eigenvalue weighted by Gasteiger charge is -2.24. The number of hydrogen-bond donors (Lipinski definition) is 1. The molecular formula is C11H17NO4. The van der Waals surface area contributed by atoms with Gasteiger partial charge < -0.3 is 9.94 Å². The average Bonchev–Trinajstić information content (AvgIpc) is 2.16. The van der Waals surface area contributed by atoms with Gasteiger partial charge in [-0.15, -0.1) is 0 Å². The van der Waals surface area contributed by atoms with Crippen LogP contribution in [0.2, 0.25) is 0 Å². The number of hydrogen-bond acceptors (Lipinski definition) is 5. The molecule has 1 aliphatic carbocycles. The van der Waals surface area contributed by atoms with E-state index in [9.17, 15) is 9.59 Å². The highest BCUT2D eigenvalue weighted by atomic mass is 16.5. The first kappa shape index (κ1) is 12.7. The molecule has 1 rings (SSSR count). The van der Waals surface area contributed by atoms with Crippen LogP contribution in [0.4, 0.5) is 0 Å². The molecule has 0 aromatic rings. The molecule has 5 heteroatoms. The van der Waals surface area contributed by atoms with E-state index in [-0.39, 0.29) is 13.0 Å². The molecule has 1 N–H and O–H groups in total. The van der Waals surface area contributed by atoms with Crippen molar-refractivity contribution >= 4 is 17.5 Å². The Morgan fingerprint density at radius 1 is 1.44 bits per heavy atom. The van der Waals surface area contributed by atoms with Crippen LogP contribution in [0.3, 0.4) is 0 Å². The third kappa shape index (κ3) is 3.32. The monoisotopic (exact) mass is 227 g/mol. The Kier molecular flexibility index (Phi) is 4.95. The van der Waals surface area contributed by atoms with Crippen molar-refractivity contribution in [3.8, 4) is 0 Å². The first-order chi connectivity index (χ1) is 7.69. The van der Waals surface area contributed by atoms with E-state index in [0.717, 1.165) is 19.3 Å². The zero-order chi connectivity index (χ0) is 12.0. The lowest BCUT2D eigenvalue weighted by atomic mass is 9.81. The second kappa shape index (κ2) is 6.25. The van der Waals surface area contributed by atoms with Crippen molar-refractivity contribution in [1.82, 2.24) is 0 Å². The minimum Gasteiger partial charge on any atom is -0.461 e. The topological polar surface area (TPSA) is 76.0 Å². The molecule has 0 amide bonds. The highest BCUT2D eigenvalue weighted by molar-refractivity contribution is 6.64. The van der Waals surface area contributed by atoms with Crippen LogP contribution >= 0.6 is 0 Å². The Morgan fingerprint density at radius 3 is 2.56 bits per heavy atom. The smallest absolute Gasteiger partial charge is 0.364 e. The molecule has 1 fully saturated rings. The van der Waals surface area contributed by atoms with E-state index in [2.05, 4.69) is 9.89 Å². The first-order valence-corrected chi connectivity index (χ1v) is 5.61. The summed E-state index contributed by atoms with van der Waals surface area (Å²) in [7, 11) is 0. The van der Waals surface area contributed by atoms with E-state index in [0.29, 0.717) is 5.92 Å². The summed E-state index contributed by atoms with van der Waals surface area (Å²) < 4.78 is 4.61. The van der Waals surface area contributed by atoms with Gasteiger partial charge in [-0.2, -0.15) is 0 Å². The highest BCUT2D eigenvalue weighted by Crippen LogP contribution is 2.30. The Labute approximate surface area is 94.5 Å². The van der Waals surface area contributed by atoms with Gasteiger partial charge in [0.25, 0.3) is 0 Å². The lowest BCUT2D eigenvalue weighted by molar-refractivity contribution is -0.136. The van der Waals surface area contributed by atoms with E-state index in [4.69, 9.17) is 5.21 Å². The maximum absolute atomic E-state index is 11.5. The molecule has 5 nitrogen and oxygen atoms in total. The SMILES string of the molecule is CCOC(=O)/C(=N\O)C(=O)CCC1CCC1. The van der Waals surface area contributed by atoms with Crippen LogP contribution < -0.4 is 0 Å². The van der Waals surface area contributed by atoms with Crippen LogP contribution in [0.15, 0.2) is 5.16 Å². The Hall–Kier alpha value is -1.39. The van der Waals surface area contributed by atoms with Crippen molar-refractivity contribution in [1.29, 1.82) is 0 Å². The number of rotatable bonds is 6. The largest absolute Gasteiger partial charge is 0.461 e. The van der Waals surface area contributed by atoms with Gasteiger partial charge in [0.05, 0.1) is 6.61 Å². The molecule has 0 aromatic carbocycles. The molecular weight excluding hydrogens is 210 g/mol. The standard InChI is InChI=1S/C11H17NO4/c1-2-16-11(14)10(12-15)9(13)7-6-8-4-3-5-8/h8,15H,2-7H2,1H3/b12-10-. The minimum atomic E-state index is -0.844. The van der Waals surface area contributed by atoms with Crippen molar-refractivity contribution in [2.45, 2.75) is 39.0 Å². The molecule has 0 aliphatic heterocycles. The fraction of sp³-hybridized carbons (Fsp3) is 0.727. The summed E-state index contributed by atoms with van der Waals surface area (Å²) in [6.07, 6.45) is 4.54. The van der Waals surface area contributed by atoms with Crippen LogP contribution in [0.25, 0.3) is 0 Å². The summed E-state index contributed by atoms with van der Waals surface area (Å²) in [5.74, 6) is -0.692. The number of carbonyl (C=O) groups is 2. The second-order valence-corrected chi connectivity index (χ2v) is 3.93. The Bertz CT molecular complexity index is 294. The van der Waals surface area contributed by atoms with E-state index in [1.54, 1.807) is 6.92 Å². The van der Waals surface area contributed by atoms with Crippen LogP contribution in [-0.4, -0.2) is 29.3 Å². The summed E-state index contributed by atoms with van der Waals surface area (Å²) in [6, 6.07) is 0. The van der Waals surface area contributed by atoms with Gasteiger partial charge in [0, 0.05) is 6.42 Å². The van der Waals surface area contributed by atoms with Gasteiger partial charge >= 0.3 is 5.97 Å². The number of esters is 1. The van der Waals surface area contributed by atoms with Crippen molar-refractivity contribution < 1.29 is 19.5 Å². The molecule has 1 aliphatic rings. The average molecular weight is 227 g/mol. The number of Topliss-reactive ketones (excluding diaryl/α,β-unsaturated/α-hetero) is 1. The Balaban J connectivity index is 2.39. The highest BCUT2D eigenvalue weighted by Gasteiger charge is 2.25. The number of carbonyl (C=O) groups excluding carboxylic acids is 2. The van der Waals surface area contributed by atoms with Crippen molar-refractivity contribution in [3.05, 3.63) is 0 Å². The zero-order valence-electron chi connectivity index (χ0n) is 9.44. The molecule has 0 radical (unpaired) electrons. The van der Waals surface area contributed by atoms with Gasteiger partial charge in [-0.05, 0) is 19.3 Å². The van der Waals surface area contributed by atoms with E-state index in [1.165, 1.54) is 6.42 Å². The van der Waals surface area contributed by atoms with Crippen LogP contribution in [-0.2, 0) is 14.3 Å². The minimum absolute atomic E-state index is 0.160. The third-order valence-electron chi connectivity index (χ3n) is 2.84. The molecule has 1 saturated carbocycles. The van der Waals surface area contributed by atoms with Crippen LogP contribution in [0.1, 0.15) is 39.0 Å². The summed E-state index contributed by atoms with van der Waals surface area (Å²) >= 11 is 0. The van der Waals surface area contributed by atoms with Crippen LogP contribution in [0, 0.1) is 5.92 Å². The molecule has 0 aromatic heterocycles. The predicted octanol–water partition coefficient (Wildman–Crippen LogP) is 1.53. The van der Waals surface area contributed by atoms with Gasteiger partial charge in [0.15, 0.2) is 5.78 Å². The third-order valence-corrected chi connectivity index (χ3v) is 2.84. The molecule has 90 valence electrons. The summed E-state index contributed by atoms with van der Waals surface area (Å²) in [5.41, 5.74) is -0.485. The van der Waals surface area contributed by atoms with E-state index in [1.807, 2.05) is 0 Å². The normalized spacial score (nSPS) is 16.7. The number of ether oxygens (including phenoxy) is 1.